The minimum absolute atomic E-state index is 0.00713. The fraction of sp³-hybridized carbons (Fsp3) is 0.286. The van der Waals surface area contributed by atoms with Crippen LogP contribution in [0.2, 0.25) is 0 Å². The van der Waals surface area contributed by atoms with Gasteiger partial charge < -0.3 is 9.47 Å². The summed E-state index contributed by atoms with van der Waals surface area (Å²) in [5.41, 5.74) is 2.11. The molecule has 0 bridgehead atoms. The van der Waals surface area contributed by atoms with E-state index in [0.717, 1.165) is 10.5 Å². The van der Waals surface area contributed by atoms with E-state index in [1.807, 2.05) is 19.9 Å². The number of para-hydroxylation sites is 1. The molecule has 0 unspecified atom stereocenters. The Balaban J connectivity index is 1.42. The molecule has 27 heavy (non-hydrogen) atoms. The van der Waals surface area contributed by atoms with Crippen LogP contribution in [0.25, 0.3) is 0 Å². The highest BCUT2D eigenvalue weighted by atomic mass is 16.5. The van der Waals surface area contributed by atoms with Gasteiger partial charge in [-0.15, -0.1) is 0 Å². The highest BCUT2D eigenvalue weighted by Crippen LogP contribution is 2.40. The van der Waals surface area contributed by atoms with Crippen LogP contribution < -0.4 is 4.74 Å². The summed E-state index contributed by atoms with van der Waals surface area (Å²) in [6.45, 7) is 3.95. The van der Waals surface area contributed by atoms with Crippen LogP contribution in [0.1, 0.15) is 56.4 Å². The van der Waals surface area contributed by atoms with Gasteiger partial charge in [0, 0.05) is 11.5 Å². The lowest BCUT2D eigenvalue weighted by molar-refractivity contribution is 0.0416. The smallest absolute Gasteiger partial charge is 0.341 e. The largest absolute Gasteiger partial charge is 0.489 e. The van der Waals surface area contributed by atoms with E-state index >= 15 is 0 Å². The van der Waals surface area contributed by atoms with Crippen molar-refractivity contribution in [1.82, 2.24) is 4.90 Å². The maximum absolute atomic E-state index is 12.5. The lowest BCUT2D eigenvalue weighted by Gasteiger charge is -2.14. The number of fused-ring (bicyclic) bond motifs is 2. The minimum Gasteiger partial charge on any atom is -0.489 e. The zero-order valence-corrected chi connectivity index (χ0v) is 15.1. The predicted octanol–water partition coefficient (Wildman–Crippen LogP) is 3.02. The molecule has 0 fully saturated rings. The summed E-state index contributed by atoms with van der Waals surface area (Å²) in [4.78, 5) is 38.2. The predicted molar refractivity (Wildman–Crippen MR) is 97.0 cm³/mol. The molecule has 2 aromatic carbocycles. The highest BCUT2D eigenvalue weighted by molar-refractivity contribution is 6.21. The fourth-order valence-electron chi connectivity index (χ4n) is 3.50. The molecule has 0 N–H and O–H groups in total. The number of amides is 2. The van der Waals surface area contributed by atoms with Crippen molar-refractivity contribution in [1.29, 1.82) is 0 Å². The van der Waals surface area contributed by atoms with Gasteiger partial charge in [-0.3, -0.25) is 14.5 Å². The maximum Gasteiger partial charge on any atom is 0.341 e. The summed E-state index contributed by atoms with van der Waals surface area (Å²) in [7, 11) is 0. The van der Waals surface area contributed by atoms with E-state index in [4.69, 9.17) is 9.47 Å². The maximum atomic E-state index is 12.5. The molecule has 4 rings (SSSR count). The molecular weight excluding hydrogens is 346 g/mol. The summed E-state index contributed by atoms with van der Waals surface area (Å²) in [5, 5.41) is 0. The zero-order chi connectivity index (χ0) is 19.1. The number of hydrogen-bond acceptors (Lipinski definition) is 5. The van der Waals surface area contributed by atoms with Crippen molar-refractivity contribution in [3.8, 4) is 5.75 Å². The number of benzene rings is 2. The van der Waals surface area contributed by atoms with Crippen molar-refractivity contribution in [2.24, 2.45) is 0 Å². The molecule has 2 aliphatic rings. The molecular formula is C21H19NO5. The Morgan fingerprint density at radius 2 is 1.70 bits per heavy atom. The van der Waals surface area contributed by atoms with Crippen molar-refractivity contribution in [2.75, 3.05) is 13.2 Å². The van der Waals surface area contributed by atoms with E-state index in [0.29, 0.717) is 22.4 Å². The van der Waals surface area contributed by atoms with E-state index in [9.17, 15) is 14.4 Å². The average molecular weight is 365 g/mol. The molecule has 2 amide bonds. The first-order valence-electron chi connectivity index (χ1n) is 8.91. The van der Waals surface area contributed by atoms with E-state index < -0.39 is 5.97 Å². The average Bonchev–Trinajstić information content (AvgIpc) is 3.10. The molecule has 6 heteroatoms. The van der Waals surface area contributed by atoms with E-state index in [1.54, 1.807) is 36.4 Å². The molecule has 0 aliphatic carbocycles. The van der Waals surface area contributed by atoms with Crippen LogP contribution in [0.4, 0.5) is 0 Å². The molecule has 0 saturated carbocycles. The van der Waals surface area contributed by atoms with Gasteiger partial charge in [0.05, 0.1) is 17.7 Å². The number of hydrogen-bond donors (Lipinski definition) is 0. The number of carbonyl (C=O) groups is 3. The number of esters is 1. The van der Waals surface area contributed by atoms with Crippen molar-refractivity contribution in [3.63, 3.8) is 0 Å². The van der Waals surface area contributed by atoms with Gasteiger partial charge in [0.15, 0.2) is 0 Å². The molecule has 2 heterocycles. The molecule has 0 aromatic heterocycles. The number of ether oxygens (including phenoxy) is 2. The third kappa shape index (κ3) is 2.77. The second-order valence-corrected chi connectivity index (χ2v) is 6.78. The molecule has 0 spiro atoms. The summed E-state index contributed by atoms with van der Waals surface area (Å²) >= 11 is 0. The van der Waals surface area contributed by atoms with Crippen molar-refractivity contribution in [3.05, 3.63) is 64.7 Å². The van der Waals surface area contributed by atoms with Crippen molar-refractivity contribution < 1.29 is 23.9 Å². The monoisotopic (exact) mass is 365 g/mol. The second kappa shape index (κ2) is 6.54. The summed E-state index contributed by atoms with van der Waals surface area (Å²) in [6.07, 6.45) is -0.00713. The van der Waals surface area contributed by atoms with Crippen LogP contribution in [0.5, 0.6) is 5.75 Å². The van der Waals surface area contributed by atoms with Gasteiger partial charge in [0.1, 0.15) is 24.0 Å². The molecule has 2 aliphatic heterocycles. The number of rotatable bonds is 4. The van der Waals surface area contributed by atoms with Crippen molar-refractivity contribution >= 4 is 17.8 Å². The number of carbonyl (C=O) groups excluding carboxylic acids is 3. The Morgan fingerprint density at radius 1 is 1.04 bits per heavy atom. The van der Waals surface area contributed by atoms with Gasteiger partial charge in [-0.2, -0.15) is 0 Å². The third-order valence-corrected chi connectivity index (χ3v) is 5.19. The van der Waals surface area contributed by atoms with Gasteiger partial charge >= 0.3 is 5.97 Å². The van der Waals surface area contributed by atoms with Gasteiger partial charge in [0.2, 0.25) is 0 Å². The Kier molecular flexibility index (Phi) is 4.18. The Bertz CT molecular complexity index is 916. The molecule has 2 aromatic rings. The van der Waals surface area contributed by atoms with Gasteiger partial charge in [-0.05, 0) is 25.1 Å². The summed E-state index contributed by atoms with van der Waals surface area (Å²) in [5.74, 6) is -0.490. The highest BCUT2D eigenvalue weighted by Gasteiger charge is 2.35. The second-order valence-electron chi connectivity index (χ2n) is 6.78. The lowest BCUT2D eigenvalue weighted by atomic mass is 9.97. The summed E-state index contributed by atoms with van der Waals surface area (Å²) < 4.78 is 11.1. The number of nitrogens with zero attached hydrogens (tertiary/aromatic N) is 1. The fourth-order valence-corrected chi connectivity index (χ4v) is 3.50. The minimum atomic E-state index is -0.523. The normalized spacial score (nSPS) is 20.3. The van der Waals surface area contributed by atoms with Crippen molar-refractivity contribution in [2.45, 2.75) is 25.9 Å². The zero-order valence-electron chi connectivity index (χ0n) is 15.1. The Labute approximate surface area is 156 Å². The molecule has 0 radical (unpaired) electrons. The van der Waals surface area contributed by atoms with E-state index in [-0.39, 0.29) is 37.0 Å². The Morgan fingerprint density at radius 3 is 2.37 bits per heavy atom. The van der Waals surface area contributed by atoms with Crippen LogP contribution in [0.15, 0.2) is 42.5 Å². The lowest BCUT2D eigenvalue weighted by Crippen LogP contribution is -2.33. The molecule has 0 saturated heterocycles. The quantitative estimate of drug-likeness (QED) is 0.615. The van der Waals surface area contributed by atoms with Gasteiger partial charge in [0.25, 0.3) is 11.8 Å². The standard InChI is InChI=1S/C21H19NO5/c1-12-13(2)27-18-14(12)8-5-9-17(18)21(25)26-11-10-22-19(23)15-6-3-4-7-16(15)20(22)24/h3-9,12-13H,10-11H2,1-2H3/t12-,13-/m1/s1. The SMILES string of the molecule is C[C@H]1Oc2c(C(=O)OCCN3C(=O)c4ccccc4C3=O)cccc2[C@@H]1C. The van der Waals surface area contributed by atoms with Gasteiger partial charge in [-0.25, -0.2) is 4.79 Å². The first kappa shape index (κ1) is 17.3. The Hall–Kier alpha value is -3.15. The first-order chi connectivity index (χ1) is 13.0. The topological polar surface area (TPSA) is 72.9 Å². The molecule has 138 valence electrons. The van der Waals surface area contributed by atoms with Crippen LogP contribution in [-0.2, 0) is 4.74 Å². The number of imide groups is 1. The van der Waals surface area contributed by atoms with E-state index in [2.05, 4.69) is 0 Å². The summed E-state index contributed by atoms with van der Waals surface area (Å²) in [6, 6.07) is 12.1. The van der Waals surface area contributed by atoms with Gasteiger partial charge in [-0.1, -0.05) is 31.2 Å². The van der Waals surface area contributed by atoms with Crippen LogP contribution in [-0.4, -0.2) is 41.9 Å². The van der Waals surface area contributed by atoms with Crippen LogP contribution in [0, 0.1) is 0 Å². The van der Waals surface area contributed by atoms with Crippen LogP contribution >= 0.6 is 0 Å². The van der Waals surface area contributed by atoms with Crippen LogP contribution in [0.3, 0.4) is 0 Å². The first-order valence-corrected chi connectivity index (χ1v) is 8.91. The van der Waals surface area contributed by atoms with E-state index in [1.165, 1.54) is 0 Å². The molecule has 6 nitrogen and oxygen atoms in total. The molecule has 2 atom stereocenters. The third-order valence-electron chi connectivity index (χ3n) is 5.19.